The third-order valence-electron chi connectivity index (χ3n) is 13.0. The van der Waals surface area contributed by atoms with Crippen molar-refractivity contribution in [3.8, 4) is 23.3 Å². The zero-order valence-electron chi connectivity index (χ0n) is 35.5. The van der Waals surface area contributed by atoms with Crippen molar-refractivity contribution in [2.24, 2.45) is 16.7 Å². The summed E-state index contributed by atoms with van der Waals surface area (Å²) in [5.41, 5.74) is 2.85. The minimum Gasteiger partial charge on any atom is -0.495 e. The van der Waals surface area contributed by atoms with Crippen LogP contribution in [0.5, 0.6) is 17.2 Å². The molecule has 7 rings (SSSR count). The van der Waals surface area contributed by atoms with Crippen molar-refractivity contribution in [1.29, 1.82) is 5.26 Å². The van der Waals surface area contributed by atoms with E-state index in [4.69, 9.17) is 14.2 Å². The topological polar surface area (TPSA) is 166 Å². The van der Waals surface area contributed by atoms with E-state index in [2.05, 4.69) is 76.5 Å². The lowest BCUT2D eigenvalue weighted by Crippen LogP contribution is -2.74. The predicted molar refractivity (Wildman–Crippen MR) is 228 cm³/mol. The molecule has 1 aliphatic carbocycles. The normalized spacial score (nSPS) is 22.8. The molecule has 0 radical (unpaired) electrons. The first-order valence-electron chi connectivity index (χ1n) is 20.9. The van der Waals surface area contributed by atoms with Crippen molar-refractivity contribution >= 4 is 35.0 Å². The highest BCUT2D eigenvalue weighted by molar-refractivity contribution is 6.04. The van der Waals surface area contributed by atoms with E-state index in [1.165, 1.54) is 7.11 Å². The number of nitrogens with zero attached hydrogens (tertiary/aromatic N) is 4. The van der Waals surface area contributed by atoms with Gasteiger partial charge in [0.1, 0.15) is 35.5 Å². The van der Waals surface area contributed by atoms with Crippen LogP contribution in [-0.2, 0) is 9.59 Å². The Morgan fingerprint density at radius 3 is 2.07 bits per heavy atom. The lowest BCUT2D eigenvalue weighted by molar-refractivity contribution is -0.164. The number of anilines is 2. The number of hydrogen-bond acceptors (Lipinski definition) is 11. The van der Waals surface area contributed by atoms with Crippen LogP contribution in [-0.4, -0.2) is 107 Å². The fourth-order valence-electron chi connectivity index (χ4n) is 9.87. The summed E-state index contributed by atoms with van der Waals surface area (Å²) < 4.78 is 17.5. The van der Waals surface area contributed by atoms with Crippen molar-refractivity contribution in [2.75, 3.05) is 69.8 Å². The Morgan fingerprint density at radius 2 is 1.43 bits per heavy atom. The van der Waals surface area contributed by atoms with Gasteiger partial charge in [0, 0.05) is 92.0 Å². The summed E-state index contributed by atoms with van der Waals surface area (Å²) in [6.07, 6.45) is 2.51. The van der Waals surface area contributed by atoms with Crippen LogP contribution in [0.3, 0.4) is 0 Å². The van der Waals surface area contributed by atoms with Gasteiger partial charge in [-0.05, 0) is 79.8 Å². The number of rotatable bonds is 12. The molecule has 0 bridgehead atoms. The highest BCUT2D eigenvalue weighted by Crippen LogP contribution is 2.55. The lowest BCUT2D eigenvalue weighted by atomic mass is 9.49. The zero-order valence-corrected chi connectivity index (χ0v) is 35.5. The van der Waals surface area contributed by atoms with Gasteiger partial charge in [0.2, 0.25) is 11.8 Å². The maximum Gasteiger partial charge on any atom is 0.252 e. The maximum absolute atomic E-state index is 13.6. The van der Waals surface area contributed by atoms with Gasteiger partial charge in [-0.25, -0.2) is 0 Å². The van der Waals surface area contributed by atoms with E-state index in [0.29, 0.717) is 39.9 Å². The van der Waals surface area contributed by atoms with E-state index in [0.717, 1.165) is 70.0 Å². The second-order valence-corrected chi connectivity index (χ2v) is 17.6. The quantitative estimate of drug-likeness (QED) is 0.216. The monoisotopic (exact) mass is 819 g/mol. The molecule has 0 aromatic heterocycles. The molecule has 3 aromatic carbocycles. The number of amides is 4. The number of methoxy groups -OCH3 is 2. The minimum absolute atomic E-state index is 0.102. The van der Waals surface area contributed by atoms with Gasteiger partial charge in [-0.2, -0.15) is 5.26 Å². The number of hydrogen-bond donors (Lipinski definition) is 3. The van der Waals surface area contributed by atoms with Crippen LogP contribution >= 0.6 is 0 Å². The summed E-state index contributed by atoms with van der Waals surface area (Å²) in [7, 11) is 3.13. The van der Waals surface area contributed by atoms with Crippen LogP contribution in [0.25, 0.3) is 0 Å². The third-order valence-corrected chi connectivity index (χ3v) is 13.0. The molecule has 14 nitrogen and oxygen atoms in total. The molecule has 0 spiro atoms. The van der Waals surface area contributed by atoms with E-state index >= 15 is 0 Å². The highest BCUT2D eigenvalue weighted by Gasteiger charge is 2.64. The molecule has 3 N–H and O–H groups in total. The summed E-state index contributed by atoms with van der Waals surface area (Å²) in [5.74, 6) is 1.02. The smallest absolute Gasteiger partial charge is 0.252 e. The molecule has 1 unspecified atom stereocenters. The molecule has 3 heterocycles. The molecular weight excluding hydrogens is 763 g/mol. The number of nitrogens with one attached hydrogen (secondary N) is 3. The molecule has 60 heavy (non-hydrogen) atoms. The molecule has 1 saturated carbocycles. The van der Waals surface area contributed by atoms with Crippen LogP contribution in [0.4, 0.5) is 11.4 Å². The summed E-state index contributed by atoms with van der Waals surface area (Å²) in [6, 6.07) is 19.8. The predicted octanol–water partition coefficient (Wildman–Crippen LogP) is 4.76. The number of ether oxygens (including phenoxy) is 3. The van der Waals surface area contributed by atoms with E-state index in [9.17, 15) is 24.4 Å². The second-order valence-electron chi connectivity index (χ2n) is 17.6. The number of benzene rings is 3. The average molecular weight is 820 g/mol. The van der Waals surface area contributed by atoms with Gasteiger partial charge in [0.25, 0.3) is 11.8 Å². The summed E-state index contributed by atoms with van der Waals surface area (Å²) >= 11 is 0. The van der Waals surface area contributed by atoms with E-state index in [1.807, 2.05) is 18.2 Å². The van der Waals surface area contributed by atoms with Gasteiger partial charge in [-0.15, -0.1) is 0 Å². The maximum atomic E-state index is 13.6. The molecule has 4 fully saturated rings. The van der Waals surface area contributed by atoms with Crippen LogP contribution in [0.1, 0.15) is 79.7 Å². The third kappa shape index (κ3) is 8.73. The molecule has 4 aliphatic rings. The summed E-state index contributed by atoms with van der Waals surface area (Å²) in [5, 5.41) is 17.7. The van der Waals surface area contributed by atoms with Crippen molar-refractivity contribution in [3.05, 3.63) is 77.4 Å². The molecule has 3 aromatic rings. The highest BCUT2D eigenvalue weighted by atomic mass is 16.5. The van der Waals surface area contributed by atoms with Gasteiger partial charge in [0.15, 0.2) is 0 Å². The minimum atomic E-state index is -0.738. The van der Waals surface area contributed by atoms with Crippen LogP contribution < -0.4 is 40.0 Å². The summed E-state index contributed by atoms with van der Waals surface area (Å²) in [4.78, 5) is 57.3. The van der Waals surface area contributed by atoms with Crippen molar-refractivity contribution in [2.45, 2.75) is 71.6 Å². The second kappa shape index (κ2) is 17.4. The number of imide groups is 1. The lowest BCUT2D eigenvalue weighted by Gasteiger charge is -2.63. The Balaban J connectivity index is 0.853. The molecule has 4 amide bonds. The van der Waals surface area contributed by atoms with E-state index in [1.54, 1.807) is 37.4 Å². The van der Waals surface area contributed by atoms with Gasteiger partial charge >= 0.3 is 0 Å². The molecule has 3 aliphatic heterocycles. The molecule has 3 saturated heterocycles. The first kappa shape index (κ1) is 42.3. The SMILES string of the molecule is COc1cc(OC2C(C)(C)C(NC(=O)c3ccc(N4CCC(CN5CCN(c6ccc(C(=O)NC7CCC(=O)NC7=O)cc6OC)CC5)CC4)cc3)C2(C)C)ccc1C#N. The van der Waals surface area contributed by atoms with E-state index < -0.39 is 11.9 Å². The van der Waals surface area contributed by atoms with Gasteiger partial charge < -0.3 is 34.6 Å². The Labute approximate surface area is 352 Å². The Hall–Kier alpha value is -5.81. The molecule has 14 heteroatoms. The largest absolute Gasteiger partial charge is 0.495 e. The van der Waals surface area contributed by atoms with Crippen LogP contribution in [0, 0.1) is 28.1 Å². The molecular formula is C46H57N7O7. The van der Waals surface area contributed by atoms with Crippen molar-refractivity contribution in [3.63, 3.8) is 0 Å². The van der Waals surface area contributed by atoms with Gasteiger partial charge in [0.05, 0.1) is 25.5 Å². The average Bonchev–Trinajstić information content (AvgIpc) is 3.25. The first-order valence-corrected chi connectivity index (χ1v) is 20.9. The fourth-order valence-corrected chi connectivity index (χ4v) is 9.87. The number of carbonyl (C=O) groups is 4. The summed E-state index contributed by atoms with van der Waals surface area (Å²) in [6.45, 7) is 15.0. The Bertz CT molecular complexity index is 2120. The van der Waals surface area contributed by atoms with Crippen LogP contribution in [0.2, 0.25) is 0 Å². The van der Waals surface area contributed by atoms with Crippen LogP contribution in [0.15, 0.2) is 60.7 Å². The van der Waals surface area contributed by atoms with Crippen molar-refractivity contribution < 1.29 is 33.4 Å². The van der Waals surface area contributed by atoms with Crippen molar-refractivity contribution in [1.82, 2.24) is 20.9 Å². The molecule has 1 atom stereocenters. The number of piperidine rings is 2. The standard InChI is InChI=1S/C46H57N7O7/c1-45(2)43(46(3,4)44(45)60-34-13-9-32(27-47)37(26-34)58-5)50-40(55)30-7-11-33(12-8-30)52-19-17-29(18-20-52)28-51-21-23-53(24-22-51)36-15-10-31(25-38(36)59-6)41(56)48-35-14-16-39(54)49-42(35)57/h7-13,15,25-26,29,35,43-44H,14,16-24,28H2,1-6H3,(H,48,56)(H,50,55)(H,49,54,57). The zero-order chi connectivity index (χ0) is 42.8. The van der Waals surface area contributed by atoms with E-state index in [-0.39, 0.29) is 53.5 Å². The number of carbonyl (C=O) groups excluding carboxylic acids is 4. The fraction of sp³-hybridized carbons (Fsp3) is 0.500. The number of piperazine rings is 1. The number of nitriles is 1. The Morgan fingerprint density at radius 1 is 0.783 bits per heavy atom. The first-order chi connectivity index (χ1) is 28.7. The molecule has 318 valence electrons. The van der Waals surface area contributed by atoms with Gasteiger partial charge in [-0.1, -0.05) is 27.7 Å². The van der Waals surface area contributed by atoms with Gasteiger partial charge in [-0.3, -0.25) is 29.4 Å². The Kier molecular flexibility index (Phi) is 12.3.